The van der Waals surface area contributed by atoms with Gasteiger partial charge in [-0.25, -0.2) is 0 Å². The smallest absolute Gasteiger partial charge is 0.277 e. The fourth-order valence-corrected chi connectivity index (χ4v) is 3.95. The van der Waals surface area contributed by atoms with Gasteiger partial charge in [0, 0.05) is 31.6 Å². The van der Waals surface area contributed by atoms with Crippen LogP contribution in [0.15, 0.2) is 4.52 Å². The van der Waals surface area contributed by atoms with E-state index < -0.39 is 0 Å². The average Bonchev–Trinajstić information content (AvgIpc) is 3.28. The summed E-state index contributed by atoms with van der Waals surface area (Å²) < 4.78 is 10.7. The van der Waals surface area contributed by atoms with Crippen LogP contribution in [0.3, 0.4) is 0 Å². The summed E-state index contributed by atoms with van der Waals surface area (Å²) in [5.74, 6) is 0.743. The summed E-state index contributed by atoms with van der Waals surface area (Å²) in [6.45, 7) is 2.97. The minimum atomic E-state index is -0.369. The van der Waals surface area contributed by atoms with E-state index in [2.05, 4.69) is 5.16 Å². The second kappa shape index (κ2) is 6.55. The summed E-state index contributed by atoms with van der Waals surface area (Å²) in [5, 5.41) is 4.04. The first-order valence-corrected chi connectivity index (χ1v) is 8.90. The van der Waals surface area contributed by atoms with Crippen LogP contribution in [0.25, 0.3) is 0 Å². The molecule has 2 aliphatic heterocycles. The molecule has 0 saturated carbocycles. The number of nitrogens with zero attached hydrogens (tertiary/aromatic N) is 3. The number of hydrogen-bond acceptors (Lipinski definition) is 5. The van der Waals surface area contributed by atoms with Crippen molar-refractivity contribution in [2.45, 2.75) is 44.6 Å². The van der Waals surface area contributed by atoms with Gasteiger partial charge in [0.15, 0.2) is 5.69 Å². The third-order valence-corrected chi connectivity index (χ3v) is 5.27. The second-order valence-corrected chi connectivity index (χ2v) is 6.73. The summed E-state index contributed by atoms with van der Waals surface area (Å²) in [5.41, 5.74) is 1.38. The van der Waals surface area contributed by atoms with E-state index in [4.69, 9.17) is 9.26 Å². The van der Waals surface area contributed by atoms with E-state index in [9.17, 15) is 9.59 Å². The predicted molar refractivity (Wildman–Crippen MR) is 84.6 cm³/mol. The van der Waals surface area contributed by atoms with Crippen LogP contribution in [0.2, 0.25) is 0 Å². The molecule has 3 heterocycles. The summed E-state index contributed by atoms with van der Waals surface area (Å²) in [4.78, 5) is 29.3. The minimum absolute atomic E-state index is 0.0431. The fraction of sp³-hybridized carbons (Fsp3) is 0.706. The van der Waals surface area contributed by atoms with Gasteiger partial charge in [0.25, 0.3) is 5.91 Å². The SMILES string of the molecule is O=C(C1CCCN1C(=O)c1noc2c1CCCC2)N1CCOCC1. The van der Waals surface area contributed by atoms with Gasteiger partial charge in [0.2, 0.25) is 5.91 Å². The lowest BCUT2D eigenvalue weighted by Gasteiger charge is -2.32. The minimum Gasteiger partial charge on any atom is -0.378 e. The van der Waals surface area contributed by atoms with E-state index in [0.717, 1.165) is 49.8 Å². The molecule has 0 spiro atoms. The van der Waals surface area contributed by atoms with Crippen molar-refractivity contribution < 1.29 is 18.8 Å². The lowest BCUT2D eigenvalue weighted by atomic mass is 9.96. The molecule has 7 nitrogen and oxygen atoms in total. The van der Waals surface area contributed by atoms with Crippen LogP contribution in [0.5, 0.6) is 0 Å². The summed E-state index contributed by atoms with van der Waals surface area (Å²) >= 11 is 0. The number of fused-ring (bicyclic) bond motifs is 1. The number of ether oxygens (including phenoxy) is 1. The Morgan fingerprint density at radius 3 is 2.67 bits per heavy atom. The van der Waals surface area contributed by atoms with Crippen LogP contribution < -0.4 is 0 Å². The van der Waals surface area contributed by atoms with Crippen molar-refractivity contribution in [2.75, 3.05) is 32.8 Å². The second-order valence-electron chi connectivity index (χ2n) is 6.73. The highest BCUT2D eigenvalue weighted by Gasteiger charge is 2.39. The average molecular weight is 333 g/mol. The molecule has 1 atom stereocenters. The number of aryl methyl sites for hydroxylation is 1. The zero-order valence-corrected chi connectivity index (χ0v) is 13.8. The van der Waals surface area contributed by atoms with E-state index in [-0.39, 0.29) is 17.9 Å². The summed E-state index contributed by atoms with van der Waals surface area (Å²) in [7, 11) is 0. The van der Waals surface area contributed by atoms with Crippen molar-refractivity contribution in [3.8, 4) is 0 Å². The summed E-state index contributed by atoms with van der Waals surface area (Å²) in [6.07, 6.45) is 5.42. The van der Waals surface area contributed by atoms with Gasteiger partial charge < -0.3 is 19.1 Å². The number of rotatable bonds is 2. The van der Waals surface area contributed by atoms with Gasteiger partial charge in [0.05, 0.1) is 13.2 Å². The number of carbonyl (C=O) groups excluding carboxylic acids is 2. The van der Waals surface area contributed by atoms with E-state index in [1.807, 2.05) is 4.90 Å². The highest BCUT2D eigenvalue weighted by molar-refractivity contribution is 5.97. The molecule has 1 aliphatic carbocycles. The Morgan fingerprint density at radius 2 is 1.83 bits per heavy atom. The molecule has 0 aromatic carbocycles. The molecule has 0 radical (unpaired) electrons. The van der Waals surface area contributed by atoms with E-state index in [1.165, 1.54) is 0 Å². The first-order valence-electron chi connectivity index (χ1n) is 8.90. The summed E-state index contributed by atoms with van der Waals surface area (Å²) in [6, 6.07) is -0.369. The molecule has 2 saturated heterocycles. The number of aromatic nitrogens is 1. The van der Waals surface area contributed by atoms with Crippen LogP contribution in [-0.2, 0) is 22.4 Å². The van der Waals surface area contributed by atoms with Gasteiger partial charge in [-0.1, -0.05) is 5.16 Å². The van der Waals surface area contributed by atoms with Gasteiger partial charge in [-0.2, -0.15) is 0 Å². The molecular formula is C17H23N3O4. The van der Waals surface area contributed by atoms with Gasteiger partial charge in [-0.05, 0) is 32.1 Å². The van der Waals surface area contributed by atoms with Gasteiger partial charge in [-0.15, -0.1) is 0 Å². The molecule has 0 bridgehead atoms. The predicted octanol–water partition coefficient (Wildman–Crippen LogP) is 1.02. The fourth-order valence-electron chi connectivity index (χ4n) is 3.95. The van der Waals surface area contributed by atoms with Crippen LogP contribution in [0, 0.1) is 0 Å². The molecule has 0 N–H and O–H groups in total. The van der Waals surface area contributed by atoms with Crippen molar-refractivity contribution in [3.05, 3.63) is 17.0 Å². The molecule has 1 aromatic heterocycles. The van der Waals surface area contributed by atoms with Crippen LogP contribution in [0.1, 0.15) is 47.5 Å². The van der Waals surface area contributed by atoms with Crippen LogP contribution in [0.4, 0.5) is 0 Å². The number of hydrogen-bond donors (Lipinski definition) is 0. The standard InChI is InChI=1S/C17H23N3O4/c21-16(19-8-10-23-11-9-19)13-5-3-7-20(13)17(22)15-12-4-1-2-6-14(12)24-18-15/h13H,1-11H2. The quantitative estimate of drug-likeness (QED) is 0.807. The maximum Gasteiger partial charge on any atom is 0.277 e. The Balaban J connectivity index is 1.53. The molecule has 3 aliphatic rings. The Labute approximate surface area is 140 Å². The van der Waals surface area contributed by atoms with Crippen molar-refractivity contribution in [1.82, 2.24) is 15.0 Å². The van der Waals surface area contributed by atoms with E-state index in [1.54, 1.807) is 4.90 Å². The molecule has 24 heavy (non-hydrogen) atoms. The Morgan fingerprint density at radius 1 is 1.04 bits per heavy atom. The molecule has 7 heteroatoms. The maximum absolute atomic E-state index is 13.0. The Kier molecular flexibility index (Phi) is 4.26. The first-order chi connectivity index (χ1) is 11.8. The highest BCUT2D eigenvalue weighted by Crippen LogP contribution is 2.28. The zero-order chi connectivity index (χ0) is 16.5. The molecule has 130 valence electrons. The van der Waals surface area contributed by atoms with Crippen molar-refractivity contribution in [3.63, 3.8) is 0 Å². The van der Waals surface area contributed by atoms with Crippen molar-refractivity contribution in [2.24, 2.45) is 0 Å². The topological polar surface area (TPSA) is 75.9 Å². The number of amides is 2. The normalized spacial score (nSPS) is 24.1. The van der Waals surface area contributed by atoms with E-state index in [0.29, 0.717) is 38.5 Å². The molecule has 1 aromatic rings. The lowest BCUT2D eigenvalue weighted by Crippen LogP contribution is -2.51. The zero-order valence-electron chi connectivity index (χ0n) is 13.8. The van der Waals surface area contributed by atoms with Gasteiger partial charge in [0.1, 0.15) is 11.8 Å². The van der Waals surface area contributed by atoms with E-state index >= 15 is 0 Å². The van der Waals surface area contributed by atoms with Gasteiger partial charge >= 0.3 is 0 Å². The van der Waals surface area contributed by atoms with Gasteiger partial charge in [-0.3, -0.25) is 9.59 Å². The third kappa shape index (κ3) is 2.70. The monoisotopic (exact) mass is 333 g/mol. The molecular weight excluding hydrogens is 310 g/mol. The third-order valence-electron chi connectivity index (χ3n) is 5.27. The molecule has 1 unspecified atom stereocenters. The Hall–Kier alpha value is -1.89. The largest absolute Gasteiger partial charge is 0.378 e. The molecule has 2 fully saturated rings. The molecule has 2 amide bonds. The van der Waals surface area contributed by atoms with Crippen LogP contribution >= 0.6 is 0 Å². The maximum atomic E-state index is 13.0. The van der Waals surface area contributed by atoms with Crippen molar-refractivity contribution in [1.29, 1.82) is 0 Å². The number of morpholine rings is 1. The van der Waals surface area contributed by atoms with Crippen molar-refractivity contribution >= 4 is 11.8 Å². The lowest BCUT2D eigenvalue weighted by molar-refractivity contribution is -0.139. The first kappa shape index (κ1) is 15.6. The highest BCUT2D eigenvalue weighted by atomic mass is 16.5. The van der Waals surface area contributed by atoms with Crippen LogP contribution in [-0.4, -0.2) is 65.7 Å². The number of carbonyl (C=O) groups is 2. The molecule has 4 rings (SSSR count). The number of likely N-dealkylation sites (tertiary alicyclic amines) is 1. The Bertz CT molecular complexity index is 636.